The van der Waals surface area contributed by atoms with Crippen LogP contribution in [0.2, 0.25) is 0 Å². The van der Waals surface area contributed by atoms with E-state index in [1.165, 1.54) is 4.90 Å². The molecule has 2 heterocycles. The van der Waals surface area contributed by atoms with E-state index in [0.717, 1.165) is 0 Å². The third-order valence-corrected chi connectivity index (χ3v) is 3.69. The Morgan fingerprint density at radius 3 is 2.86 bits per heavy atom. The van der Waals surface area contributed by atoms with E-state index in [0.29, 0.717) is 29.4 Å². The molecule has 0 fully saturated rings. The van der Waals surface area contributed by atoms with Gasteiger partial charge in [-0.25, -0.2) is 0 Å². The van der Waals surface area contributed by atoms with Crippen molar-refractivity contribution in [3.05, 3.63) is 41.5 Å². The molecule has 1 atom stereocenters. The molecule has 0 saturated carbocycles. The number of carboxylic acids is 1. The molecule has 0 saturated heterocycles. The minimum absolute atomic E-state index is 0.146. The van der Waals surface area contributed by atoms with E-state index in [1.54, 1.807) is 31.2 Å². The average Bonchev–Trinajstić information content (AvgIpc) is 3.08. The molecule has 3 rings (SSSR count). The molecule has 1 aliphatic rings. The lowest BCUT2D eigenvalue weighted by molar-refractivity contribution is -0.138. The van der Waals surface area contributed by atoms with Gasteiger partial charge in [-0.3, -0.25) is 9.59 Å². The minimum Gasteiger partial charge on any atom is -0.481 e. The zero-order valence-electron chi connectivity index (χ0n) is 12.0. The number of aliphatic carboxylic acids is 1. The second kappa shape index (κ2) is 5.59. The van der Waals surface area contributed by atoms with E-state index < -0.39 is 11.9 Å². The average molecular weight is 301 g/mol. The zero-order chi connectivity index (χ0) is 15.7. The number of rotatable bonds is 4. The predicted molar refractivity (Wildman–Crippen MR) is 76.5 cm³/mol. The molecule has 0 bridgehead atoms. The Hall–Kier alpha value is -2.70. The number of para-hydroxylation sites is 1. The lowest BCUT2D eigenvalue weighted by Crippen LogP contribution is -2.31. The number of fused-ring (bicyclic) bond motifs is 1. The summed E-state index contributed by atoms with van der Waals surface area (Å²) < 4.78 is 4.98. The predicted octanol–water partition coefficient (Wildman–Crippen LogP) is 1.53. The fourth-order valence-electron chi connectivity index (χ4n) is 2.64. The highest BCUT2D eigenvalue weighted by atomic mass is 16.5. The SMILES string of the molecule is Cc1noc(CCC(=O)N2C[C@H](C(=O)O)c3ccccc32)n1. The summed E-state index contributed by atoms with van der Waals surface area (Å²) >= 11 is 0. The van der Waals surface area contributed by atoms with Crippen LogP contribution in [-0.2, 0) is 16.0 Å². The highest BCUT2D eigenvalue weighted by molar-refractivity contribution is 5.98. The molecule has 1 aliphatic heterocycles. The quantitative estimate of drug-likeness (QED) is 0.919. The maximum atomic E-state index is 12.4. The van der Waals surface area contributed by atoms with E-state index in [1.807, 2.05) is 0 Å². The molecule has 1 amide bonds. The standard InChI is InChI=1S/C15H15N3O4/c1-9-16-13(22-17-9)6-7-14(19)18-8-11(15(20)21)10-4-2-3-5-12(10)18/h2-5,11H,6-8H2,1H3,(H,20,21)/t11-/m0/s1. The van der Waals surface area contributed by atoms with Crippen molar-refractivity contribution < 1.29 is 19.2 Å². The van der Waals surface area contributed by atoms with Gasteiger partial charge in [-0.1, -0.05) is 23.4 Å². The van der Waals surface area contributed by atoms with E-state index in [-0.39, 0.29) is 18.9 Å². The largest absolute Gasteiger partial charge is 0.481 e. The van der Waals surface area contributed by atoms with Crippen LogP contribution in [0.25, 0.3) is 0 Å². The van der Waals surface area contributed by atoms with Gasteiger partial charge < -0.3 is 14.5 Å². The molecule has 1 aromatic carbocycles. The van der Waals surface area contributed by atoms with Crippen molar-refractivity contribution in [2.24, 2.45) is 0 Å². The molecule has 7 nitrogen and oxygen atoms in total. The summed E-state index contributed by atoms with van der Waals surface area (Å²) in [5.41, 5.74) is 1.35. The van der Waals surface area contributed by atoms with Crippen molar-refractivity contribution in [2.75, 3.05) is 11.4 Å². The fourth-order valence-corrected chi connectivity index (χ4v) is 2.64. The molecule has 1 aromatic heterocycles. The summed E-state index contributed by atoms with van der Waals surface area (Å²) in [5.74, 6) is -0.804. The number of amides is 1. The number of nitrogens with zero attached hydrogens (tertiary/aromatic N) is 3. The van der Waals surface area contributed by atoms with Crippen LogP contribution >= 0.6 is 0 Å². The Morgan fingerprint density at radius 2 is 2.18 bits per heavy atom. The molecular formula is C15H15N3O4. The van der Waals surface area contributed by atoms with Crippen LogP contribution in [0, 0.1) is 6.92 Å². The first-order chi connectivity index (χ1) is 10.6. The molecule has 0 unspecified atom stereocenters. The number of carbonyl (C=O) groups excluding carboxylic acids is 1. The van der Waals surface area contributed by atoms with Crippen LogP contribution < -0.4 is 4.90 Å². The number of hydrogen-bond donors (Lipinski definition) is 1. The highest BCUT2D eigenvalue weighted by Gasteiger charge is 2.36. The monoisotopic (exact) mass is 301 g/mol. The highest BCUT2D eigenvalue weighted by Crippen LogP contribution is 2.36. The van der Waals surface area contributed by atoms with Gasteiger partial charge in [0.25, 0.3) is 0 Å². The van der Waals surface area contributed by atoms with Gasteiger partial charge in [-0.15, -0.1) is 0 Å². The molecule has 114 valence electrons. The number of aryl methyl sites for hydroxylation is 2. The number of hydrogen-bond acceptors (Lipinski definition) is 5. The Morgan fingerprint density at radius 1 is 1.41 bits per heavy atom. The zero-order valence-corrected chi connectivity index (χ0v) is 12.0. The molecule has 0 aliphatic carbocycles. The second-order valence-electron chi connectivity index (χ2n) is 5.19. The van der Waals surface area contributed by atoms with Crippen molar-refractivity contribution in [1.82, 2.24) is 10.1 Å². The molecule has 22 heavy (non-hydrogen) atoms. The van der Waals surface area contributed by atoms with E-state index >= 15 is 0 Å². The number of anilines is 1. The van der Waals surface area contributed by atoms with Gasteiger partial charge >= 0.3 is 5.97 Å². The lowest BCUT2D eigenvalue weighted by atomic mass is 10.0. The third kappa shape index (κ3) is 2.57. The van der Waals surface area contributed by atoms with Crippen molar-refractivity contribution in [2.45, 2.75) is 25.7 Å². The molecule has 2 aromatic rings. The van der Waals surface area contributed by atoms with Crippen LogP contribution in [0.4, 0.5) is 5.69 Å². The van der Waals surface area contributed by atoms with Crippen LogP contribution in [0.3, 0.4) is 0 Å². The molecular weight excluding hydrogens is 286 g/mol. The van der Waals surface area contributed by atoms with Crippen LogP contribution in [0.15, 0.2) is 28.8 Å². The first-order valence-corrected chi connectivity index (χ1v) is 6.97. The minimum atomic E-state index is -0.921. The van der Waals surface area contributed by atoms with Crippen LogP contribution in [0.5, 0.6) is 0 Å². The lowest BCUT2D eigenvalue weighted by Gasteiger charge is -2.16. The molecule has 0 spiro atoms. The summed E-state index contributed by atoms with van der Waals surface area (Å²) in [6, 6.07) is 7.10. The fraction of sp³-hybridized carbons (Fsp3) is 0.333. The number of carbonyl (C=O) groups is 2. The van der Waals surface area contributed by atoms with Crippen LogP contribution in [0.1, 0.15) is 29.6 Å². The maximum Gasteiger partial charge on any atom is 0.312 e. The summed E-state index contributed by atoms with van der Waals surface area (Å²) in [4.78, 5) is 29.3. The first kappa shape index (κ1) is 14.2. The topological polar surface area (TPSA) is 96.5 Å². The van der Waals surface area contributed by atoms with Gasteiger partial charge in [0.15, 0.2) is 5.82 Å². The number of benzene rings is 1. The first-order valence-electron chi connectivity index (χ1n) is 6.97. The summed E-state index contributed by atoms with van der Waals surface area (Å²) in [6.45, 7) is 1.87. The van der Waals surface area contributed by atoms with Crippen LogP contribution in [-0.4, -0.2) is 33.7 Å². The van der Waals surface area contributed by atoms with E-state index in [2.05, 4.69) is 10.1 Å². The van der Waals surface area contributed by atoms with Crippen molar-refractivity contribution in [1.29, 1.82) is 0 Å². The normalized spacial score (nSPS) is 16.6. The maximum absolute atomic E-state index is 12.4. The van der Waals surface area contributed by atoms with Gasteiger partial charge in [0.05, 0.1) is 0 Å². The molecule has 1 N–H and O–H groups in total. The van der Waals surface area contributed by atoms with Gasteiger partial charge in [-0.2, -0.15) is 4.98 Å². The van der Waals surface area contributed by atoms with Crippen molar-refractivity contribution >= 4 is 17.6 Å². The Bertz CT molecular complexity index is 725. The van der Waals surface area contributed by atoms with Gasteiger partial charge in [0, 0.05) is 25.1 Å². The van der Waals surface area contributed by atoms with Crippen molar-refractivity contribution in [3.63, 3.8) is 0 Å². The van der Waals surface area contributed by atoms with E-state index in [9.17, 15) is 14.7 Å². The van der Waals surface area contributed by atoms with Crippen molar-refractivity contribution in [3.8, 4) is 0 Å². The van der Waals surface area contributed by atoms with Gasteiger partial charge in [0.2, 0.25) is 11.8 Å². The summed E-state index contributed by atoms with van der Waals surface area (Å²) in [5, 5.41) is 13.0. The second-order valence-corrected chi connectivity index (χ2v) is 5.19. The van der Waals surface area contributed by atoms with Gasteiger partial charge in [0.1, 0.15) is 5.92 Å². The number of carboxylic acid groups (broad SMARTS) is 1. The van der Waals surface area contributed by atoms with Gasteiger partial charge in [-0.05, 0) is 18.6 Å². The summed E-state index contributed by atoms with van der Waals surface area (Å²) in [6.07, 6.45) is 0.540. The summed E-state index contributed by atoms with van der Waals surface area (Å²) in [7, 11) is 0. The Labute approximate surface area is 126 Å². The van der Waals surface area contributed by atoms with E-state index in [4.69, 9.17) is 4.52 Å². The third-order valence-electron chi connectivity index (χ3n) is 3.69. The number of aromatic nitrogens is 2. The smallest absolute Gasteiger partial charge is 0.312 e. The molecule has 7 heteroatoms. The Balaban J connectivity index is 1.74. The Kier molecular flexibility index (Phi) is 3.62. The molecule has 0 radical (unpaired) electrons.